The number of benzene rings is 3. The molecular weight excluding hydrogens is 651 g/mol. The number of aromatic nitrogens is 1. The van der Waals surface area contributed by atoms with Gasteiger partial charge in [0.25, 0.3) is 0 Å². The van der Waals surface area contributed by atoms with E-state index in [9.17, 15) is 23.9 Å². The fourth-order valence-corrected chi connectivity index (χ4v) is 5.03. The zero-order valence-electron chi connectivity index (χ0n) is 26.9. The average molecular weight is 686 g/mol. The molecule has 4 aromatic rings. The fraction of sp³-hybridized carbons (Fsp3) is 0.314. The van der Waals surface area contributed by atoms with Crippen LogP contribution in [0.4, 0.5) is 20.2 Å². The summed E-state index contributed by atoms with van der Waals surface area (Å²) in [6.07, 6.45) is 3.61. The van der Waals surface area contributed by atoms with Gasteiger partial charge in [-0.05, 0) is 81.1 Å². The van der Waals surface area contributed by atoms with Gasteiger partial charge in [-0.25, -0.2) is 8.78 Å². The number of rotatable bonds is 15. The van der Waals surface area contributed by atoms with Crippen LogP contribution in [0, 0.1) is 17.0 Å². The number of anilines is 2. The van der Waals surface area contributed by atoms with Crippen molar-refractivity contribution >= 4 is 40.1 Å². The third kappa shape index (κ3) is 8.88. The van der Waals surface area contributed by atoms with Crippen LogP contribution >= 0.6 is 0 Å². The Labute approximate surface area is 319 Å². The van der Waals surface area contributed by atoms with Gasteiger partial charge in [-0.2, -0.15) is 0 Å². The number of aliphatic carboxylic acids is 1. The van der Waals surface area contributed by atoms with Crippen molar-refractivity contribution in [1.82, 2.24) is 4.98 Å². The van der Waals surface area contributed by atoms with Crippen molar-refractivity contribution in [2.75, 3.05) is 17.2 Å². The number of amides is 2. The average Bonchev–Trinajstić information content (AvgIpc) is 3.86. The molecule has 1 heterocycles. The summed E-state index contributed by atoms with van der Waals surface area (Å²) in [7, 11) is 0. The Morgan fingerprint density at radius 1 is 0.875 bits per heavy atom. The number of pyridine rings is 1. The molecule has 0 aliphatic heterocycles. The monoisotopic (exact) mass is 685 g/mol. The molecule has 0 bridgehead atoms. The third-order valence-corrected chi connectivity index (χ3v) is 7.80. The number of fused-ring (bicyclic) bond motifs is 1. The second-order valence-electron chi connectivity index (χ2n) is 11.2. The second kappa shape index (κ2) is 16.7. The molecule has 246 valence electrons. The molecule has 1 aliphatic rings. The molecule has 1 aromatic heterocycles. The van der Waals surface area contributed by atoms with Gasteiger partial charge in [0.15, 0.2) is 23.1 Å². The number of halogens is 2. The standard InChI is InChI=1S/C35H35F2N3O7.K/c1-3-5-6-7-29(32(41)42)47-31-20-26-24(19-30(31)45-4-2)27(14-17-38-26)46-28-13-12-23(18-25(28)37)40-34(44)35(15-16-35)33(43)39-22-10-8-21(36)9-11-22;/h8-14,17-20,29H,3-7,15-16H2,1-2H3,(H,39,43)(H,40,44)(H,41,42);/q;+1/p-1. The van der Waals surface area contributed by atoms with Crippen LogP contribution in [0.15, 0.2) is 66.9 Å². The van der Waals surface area contributed by atoms with Crippen molar-refractivity contribution < 1.29 is 93.9 Å². The van der Waals surface area contributed by atoms with Crippen LogP contribution in [0.25, 0.3) is 10.9 Å². The Balaban J connectivity index is 0.00000520. The van der Waals surface area contributed by atoms with Crippen LogP contribution in [0.3, 0.4) is 0 Å². The minimum absolute atomic E-state index is 0. The molecule has 2 N–H and O–H groups in total. The van der Waals surface area contributed by atoms with Gasteiger partial charge in [-0.1, -0.05) is 19.8 Å². The molecule has 0 spiro atoms. The maximum Gasteiger partial charge on any atom is 1.00 e. The topological polar surface area (TPSA) is 139 Å². The summed E-state index contributed by atoms with van der Waals surface area (Å²) >= 11 is 0. The maximum absolute atomic E-state index is 15.3. The summed E-state index contributed by atoms with van der Waals surface area (Å²) < 4.78 is 46.0. The molecular formula is C35H34F2KN3O7. The molecule has 1 saturated carbocycles. The largest absolute Gasteiger partial charge is 1.00 e. The molecule has 48 heavy (non-hydrogen) atoms. The molecule has 1 atom stereocenters. The van der Waals surface area contributed by atoms with E-state index in [4.69, 9.17) is 14.2 Å². The smallest absolute Gasteiger partial charge is 0.546 e. The Morgan fingerprint density at radius 3 is 2.19 bits per heavy atom. The van der Waals surface area contributed by atoms with Gasteiger partial charge in [0, 0.05) is 35.1 Å². The van der Waals surface area contributed by atoms with Gasteiger partial charge >= 0.3 is 51.4 Å². The first-order valence-electron chi connectivity index (χ1n) is 15.4. The third-order valence-electron chi connectivity index (χ3n) is 7.80. The molecule has 1 unspecified atom stereocenters. The first-order valence-corrected chi connectivity index (χ1v) is 15.4. The SMILES string of the molecule is CCCCCC(Oc1cc2nccc(Oc3ccc(NC(=O)C4(C(=O)Nc5ccc(F)cc5)CC4)cc3F)c2cc1OCC)C(=O)[O-].[K+]. The number of ether oxygens (including phenoxy) is 3. The zero-order valence-corrected chi connectivity index (χ0v) is 30.1. The quantitative estimate of drug-likeness (QED) is 0.111. The summed E-state index contributed by atoms with van der Waals surface area (Å²) in [6.45, 7) is 4.05. The van der Waals surface area contributed by atoms with Crippen LogP contribution in [0.2, 0.25) is 0 Å². The van der Waals surface area contributed by atoms with Crippen molar-refractivity contribution in [2.24, 2.45) is 5.41 Å². The van der Waals surface area contributed by atoms with E-state index in [0.717, 1.165) is 18.9 Å². The van der Waals surface area contributed by atoms with Gasteiger partial charge in [0.1, 0.15) is 23.1 Å². The number of carboxylic acid groups (broad SMARTS) is 1. The predicted octanol–water partition coefficient (Wildman–Crippen LogP) is 3.14. The summed E-state index contributed by atoms with van der Waals surface area (Å²) in [4.78, 5) is 42.0. The number of hydrogen-bond donors (Lipinski definition) is 2. The van der Waals surface area contributed by atoms with E-state index < -0.39 is 40.9 Å². The second-order valence-corrected chi connectivity index (χ2v) is 11.2. The van der Waals surface area contributed by atoms with Crippen LogP contribution in [-0.4, -0.2) is 35.5 Å². The van der Waals surface area contributed by atoms with Crippen molar-refractivity contribution in [3.63, 3.8) is 0 Å². The molecule has 2 amide bonds. The summed E-state index contributed by atoms with van der Waals surface area (Å²) in [5, 5.41) is 17.5. The molecule has 13 heteroatoms. The Morgan fingerprint density at radius 2 is 1.56 bits per heavy atom. The van der Waals surface area contributed by atoms with Gasteiger partial charge < -0.3 is 34.7 Å². The minimum atomic E-state index is -1.33. The van der Waals surface area contributed by atoms with Crippen molar-refractivity contribution in [3.8, 4) is 23.0 Å². The van der Waals surface area contributed by atoms with Crippen molar-refractivity contribution in [2.45, 2.75) is 58.5 Å². The number of nitrogens with one attached hydrogen (secondary N) is 2. The molecule has 1 aliphatic carbocycles. The molecule has 10 nitrogen and oxygen atoms in total. The minimum Gasteiger partial charge on any atom is -0.546 e. The summed E-state index contributed by atoms with van der Waals surface area (Å²) in [6, 6.07) is 13.7. The van der Waals surface area contributed by atoms with Crippen LogP contribution in [0.1, 0.15) is 52.4 Å². The van der Waals surface area contributed by atoms with Gasteiger partial charge in [-0.15, -0.1) is 0 Å². The van der Waals surface area contributed by atoms with Gasteiger partial charge in [0.2, 0.25) is 11.8 Å². The van der Waals surface area contributed by atoms with E-state index in [-0.39, 0.29) is 93.1 Å². The van der Waals surface area contributed by atoms with Crippen LogP contribution in [0.5, 0.6) is 23.0 Å². The Kier molecular flexibility index (Phi) is 12.9. The predicted molar refractivity (Wildman–Crippen MR) is 168 cm³/mol. The van der Waals surface area contributed by atoms with E-state index in [2.05, 4.69) is 15.6 Å². The number of carbonyl (C=O) groups excluding carboxylic acids is 3. The molecule has 0 saturated heterocycles. The van der Waals surface area contributed by atoms with Crippen molar-refractivity contribution in [1.29, 1.82) is 0 Å². The Hall–Kier alpha value is -3.62. The first kappa shape index (κ1) is 37.2. The van der Waals surface area contributed by atoms with E-state index in [0.29, 0.717) is 35.9 Å². The Bertz CT molecular complexity index is 1780. The molecule has 0 radical (unpaired) electrons. The number of hydrogen-bond acceptors (Lipinski definition) is 8. The normalized spacial score (nSPS) is 13.5. The van der Waals surface area contributed by atoms with E-state index in [1.165, 1.54) is 48.7 Å². The zero-order chi connectivity index (χ0) is 33.6. The number of carbonyl (C=O) groups is 3. The van der Waals surface area contributed by atoms with E-state index in [1.807, 2.05) is 6.92 Å². The number of nitrogens with zero attached hydrogens (tertiary/aromatic N) is 1. The summed E-state index contributed by atoms with van der Waals surface area (Å²) in [5.74, 6) is -3.13. The van der Waals surface area contributed by atoms with Gasteiger partial charge in [-0.3, -0.25) is 14.6 Å². The van der Waals surface area contributed by atoms with Gasteiger partial charge in [0.05, 0.1) is 18.1 Å². The molecule has 5 rings (SSSR count). The van der Waals surface area contributed by atoms with E-state index >= 15 is 4.39 Å². The number of unbranched alkanes of at least 4 members (excludes halogenated alkanes) is 2. The molecule has 1 fully saturated rings. The first-order chi connectivity index (χ1) is 22.6. The van der Waals surface area contributed by atoms with Crippen LogP contribution < -0.4 is 81.3 Å². The fourth-order valence-electron chi connectivity index (χ4n) is 5.03. The maximum atomic E-state index is 15.3. The van der Waals surface area contributed by atoms with Crippen LogP contribution in [-0.2, 0) is 14.4 Å². The number of carboxylic acids is 1. The van der Waals surface area contributed by atoms with Crippen molar-refractivity contribution in [3.05, 3.63) is 78.5 Å². The summed E-state index contributed by atoms with van der Waals surface area (Å²) in [5.41, 5.74) is -0.438. The van der Waals surface area contributed by atoms with E-state index in [1.54, 1.807) is 19.1 Å². The molecule has 3 aromatic carbocycles.